The van der Waals surface area contributed by atoms with Gasteiger partial charge in [-0.1, -0.05) is 20.8 Å². The molecule has 0 spiro atoms. The van der Waals surface area contributed by atoms with Gasteiger partial charge in [0.05, 0.1) is 5.69 Å². The molecule has 0 unspecified atom stereocenters. The molecule has 0 amide bonds. The molecule has 0 saturated carbocycles. The summed E-state index contributed by atoms with van der Waals surface area (Å²) in [6, 6.07) is 1.81. The summed E-state index contributed by atoms with van der Waals surface area (Å²) in [5.74, 6) is -0.183. The Hall–Kier alpha value is -1.42. The number of fused-ring (bicyclic) bond motifs is 1. The molecule has 0 aromatic carbocycles. The van der Waals surface area contributed by atoms with E-state index < -0.39 is 5.97 Å². The third-order valence-corrected chi connectivity index (χ3v) is 5.21. The van der Waals surface area contributed by atoms with Gasteiger partial charge in [0.15, 0.2) is 0 Å². The SMILES string of the molecule is C[C@H]1CCCN(Cc2cc(C(=O)O)nc3c2CCC3(C)C)C1. The molecular weight excluding hydrogens is 276 g/mol. The van der Waals surface area contributed by atoms with Gasteiger partial charge in [-0.25, -0.2) is 9.78 Å². The van der Waals surface area contributed by atoms with E-state index in [2.05, 4.69) is 30.7 Å². The first kappa shape index (κ1) is 15.5. The Morgan fingerprint density at radius 3 is 2.95 bits per heavy atom. The van der Waals surface area contributed by atoms with Crippen LogP contribution in [0, 0.1) is 5.92 Å². The summed E-state index contributed by atoms with van der Waals surface area (Å²) in [5.41, 5.74) is 3.68. The Balaban J connectivity index is 1.95. The lowest BCUT2D eigenvalue weighted by Gasteiger charge is -2.31. The van der Waals surface area contributed by atoms with Gasteiger partial charge < -0.3 is 5.11 Å². The fraction of sp³-hybridized carbons (Fsp3) is 0.667. The van der Waals surface area contributed by atoms with Crippen molar-refractivity contribution in [1.29, 1.82) is 0 Å². The Bertz CT molecular complexity index is 595. The van der Waals surface area contributed by atoms with E-state index >= 15 is 0 Å². The first-order valence-corrected chi connectivity index (χ1v) is 8.36. The summed E-state index contributed by atoms with van der Waals surface area (Å²) in [6.07, 6.45) is 4.62. The molecule has 0 radical (unpaired) electrons. The summed E-state index contributed by atoms with van der Waals surface area (Å²) in [5, 5.41) is 9.38. The molecule has 1 aliphatic carbocycles. The minimum atomic E-state index is -0.918. The van der Waals surface area contributed by atoms with E-state index in [1.165, 1.54) is 24.0 Å². The second kappa shape index (κ2) is 5.65. The van der Waals surface area contributed by atoms with Crippen molar-refractivity contribution < 1.29 is 9.90 Å². The molecule has 1 atom stereocenters. The van der Waals surface area contributed by atoms with Crippen LogP contribution in [0.15, 0.2) is 6.07 Å². The smallest absolute Gasteiger partial charge is 0.354 e. The van der Waals surface area contributed by atoms with Crippen LogP contribution in [0.25, 0.3) is 0 Å². The van der Waals surface area contributed by atoms with Crippen molar-refractivity contribution in [3.8, 4) is 0 Å². The van der Waals surface area contributed by atoms with Crippen LogP contribution in [0.3, 0.4) is 0 Å². The lowest BCUT2D eigenvalue weighted by molar-refractivity contribution is 0.0689. The zero-order valence-corrected chi connectivity index (χ0v) is 13.9. The largest absolute Gasteiger partial charge is 0.477 e. The third kappa shape index (κ3) is 2.89. The fourth-order valence-electron chi connectivity index (χ4n) is 3.94. The summed E-state index contributed by atoms with van der Waals surface area (Å²) >= 11 is 0. The van der Waals surface area contributed by atoms with E-state index in [9.17, 15) is 9.90 Å². The Kier molecular flexibility index (Phi) is 3.98. The van der Waals surface area contributed by atoms with Crippen LogP contribution < -0.4 is 0 Å². The molecule has 1 saturated heterocycles. The molecule has 0 bridgehead atoms. The van der Waals surface area contributed by atoms with Gasteiger partial charge in [-0.2, -0.15) is 0 Å². The molecule has 120 valence electrons. The van der Waals surface area contributed by atoms with Crippen LogP contribution in [0.1, 0.15) is 67.3 Å². The van der Waals surface area contributed by atoms with Crippen molar-refractivity contribution >= 4 is 5.97 Å². The summed E-state index contributed by atoms with van der Waals surface area (Å²) < 4.78 is 0. The number of aromatic nitrogens is 1. The van der Waals surface area contributed by atoms with Crippen LogP contribution in [0.4, 0.5) is 0 Å². The molecule has 1 fully saturated rings. The highest BCUT2D eigenvalue weighted by atomic mass is 16.4. The Labute approximate surface area is 132 Å². The van der Waals surface area contributed by atoms with E-state index in [4.69, 9.17) is 0 Å². The second-order valence-corrected chi connectivity index (χ2v) is 7.67. The predicted molar refractivity (Wildman–Crippen MR) is 86.2 cm³/mol. The van der Waals surface area contributed by atoms with Crippen LogP contribution in [-0.4, -0.2) is 34.0 Å². The van der Waals surface area contributed by atoms with Gasteiger partial charge in [-0.3, -0.25) is 4.90 Å². The van der Waals surface area contributed by atoms with Gasteiger partial charge >= 0.3 is 5.97 Å². The number of hydrogen-bond donors (Lipinski definition) is 1. The topological polar surface area (TPSA) is 53.4 Å². The minimum absolute atomic E-state index is 0.00919. The van der Waals surface area contributed by atoms with E-state index in [0.717, 1.165) is 44.1 Å². The number of hydrogen-bond acceptors (Lipinski definition) is 3. The molecule has 4 nitrogen and oxygen atoms in total. The maximum Gasteiger partial charge on any atom is 0.354 e. The highest BCUT2D eigenvalue weighted by Gasteiger charge is 2.34. The first-order chi connectivity index (χ1) is 10.4. The Morgan fingerprint density at radius 2 is 2.27 bits per heavy atom. The fourth-order valence-corrected chi connectivity index (χ4v) is 3.94. The predicted octanol–water partition coefficient (Wildman–Crippen LogP) is 3.24. The van der Waals surface area contributed by atoms with Crippen LogP contribution in [0.5, 0.6) is 0 Å². The number of carboxylic acids is 1. The number of carbonyl (C=O) groups is 1. The van der Waals surface area contributed by atoms with Gasteiger partial charge in [0.2, 0.25) is 0 Å². The van der Waals surface area contributed by atoms with Gasteiger partial charge in [0, 0.05) is 18.5 Å². The highest BCUT2D eigenvalue weighted by Crippen LogP contribution is 2.39. The molecule has 1 N–H and O–H groups in total. The van der Waals surface area contributed by atoms with Crippen molar-refractivity contribution in [2.24, 2.45) is 5.92 Å². The van der Waals surface area contributed by atoms with Gasteiger partial charge in [0.25, 0.3) is 0 Å². The van der Waals surface area contributed by atoms with Crippen molar-refractivity contribution in [1.82, 2.24) is 9.88 Å². The lowest BCUT2D eigenvalue weighted by atomic mass is 9.90. The van der Waals surface area contributed by atoms with Crippen LogP contribution >= 0.6 is 0 Å². The maximum atomic E-state index is 11.4. The number of nitrogens with zero attached hydrogens (tertiary/aromatic N) is 2. The number of piperidine rings is 1. The average Bonchev–Trinajstić information content (AvgIpc) is 2.75. The third-order valence-electron chi connectivity index (χ3n) is 5.21. The molecule has 1 aliphatic heterocycles. The summed E-state index contributed by atoms with van der Waals surface area (Å²) in [4.78, 5) is 18.4. The zero-order valence-electron chi connectivity index (χ0n) is 13.9. The number of pyridine rings is 1. The number of carboxylic acid groups (broad SMARTS) is 1. The zero-order chi connectivity index (χ0) is 15.9. The van der Waals surface area contributed by atoms with Crippen molar-refractivity contribution in [3.05, 3.63) is 28.6 Å². The first-order valence-electron chi connectivity index (χ1n) is 8.36. The van der Waals surface area contributed by atoms with Gasteiger partial charge in [-0.05, 0) is 55.3 Å². The molecule has 22 heavy (non-hydrogen) atoms. The molecular formula is C18H26N2O2. The number of rotatable bonds is 3. The van der Waals surface area contributed by atoms with Crippen molar-refractivity contribution in [2.45, 2.75) is 58.4 Å². The van der Waals surface area contributed by atoms with Crippen molar-refractivity contribution in [3.63, 3.8) is 0 Å². The molecule has 1 aromatic heterocycles. The molecule has 2 heterocycles. The summed E-state index contributed by atoms with van der Waals surface area (Å²) in [6.45, 7) is 9.74. The maximum absolute atomic E-state index is 11.4. The number of aromatic carboxylic acids is 1. The van der Waals surface area contributed by atoms with Crippen LogP contribution in [0.2, 0.25) is 0 Å². The van der Waals surface area contributed by atoms with Crippen LogP contribution in [-0.2, 0) is 18.4 Å². The molecule has 2 aliphatic rings. The molecule has 3 rings (SSSR count). The highest BCUT2D eigenvalue weighted by molar-refractivity contribution is 5.85. The quantitative estimate of drug-likeness (QED) is 0.931. The van der Waals surface area contributed by atoms with Gasteiger partial charge in [-0.15, -0.1) is 0 Å². The lowest BCUT2D eigenvalue weighted by Crippen LogP contribution is -2.34. The standard InChI is InChI=1S/C18H26N2O2/c1-12-5-4-8-20(10-12)11-13-9-15(17(21)22)19-16-14(13)6-7-18(16,2)3/h9,12H,4-8,10-11H2,1-3H3,(H,21,22)/t12-/m0/s1. The molecule has 1 aromatic rings. The minimum Gasteiger partial charge on any atom is -0.477 e. The number of likely N-dealkylation sites (tertiary alicyclic amines) is 1. The van der Waals surface area contributed by atoms with E-state index in [0.29, 0.717) is 0 Å². The molecule has 4 heteroatoms. The monoisotopic (exact) mass is 302 g/mol. The van der Waals surface area contributed by atoms with E-state index in [1.54, 1.807) is 0 Å². The van der Waals surface area contributed by atoms with E-state index in [1.807, 2.05) is 6.07 Å². The van der Waals surface area contributed by atoms with Gasteiger partial charge in [0.1, 0.15) is 5.69 Å². The van der Waals surface area contributed by atoms with E-state index in [-0.39, 0.29) is 11.1 Å². The Morgan fingerprint density at radius 1 is 1.50 bits per heavy atom. The summed E-state index contributed by atoms with van der Waals surface area (Å²) in [7, 11) is 0. The van der Waals surface area contributed by atoms with Crippen molar-refractivity contribution in [2.75, 3.05) is 13.1 Å². The average molecular weight is 302 g/mol. The normalized spacial score (nSPS) is 24.2. The second-order valence-electron chi connectivity index (χ2n) is 7.67.